The van der Waals surface area contributed by atoms with Crippen molar-refractivity contribution in [1.82, 2.24) is 14.9 Å². The van der Waals surface area contributed by atoms with Gasteiger partial charge in [0.25, 0.3) is 0 Å². The molecule has 3 nitrogen and oxygen atoms in total. The quantitative estimate of drug-likeness (QED) is 0.823. The SMILES string of the molecule is CCCNCc1cc(F)ccc1-n1ccnc1C. The van der Waals surface area contributed by atoms with Gasteiger partial charge in [0.1, 0.15) is 11.6 Å². The van der Waals surface area contributed by atoms with E-state index in [1.165, 1.54) is 6.07 Å². The molecule has 1 aromatic heterocycles. The molecule has 1 heterocycles. The third-order valence-electron chi connectivity index (χ3n) is 2.87. The monoisotopic (exact) mass is 247 g/mol. The second kappa shape index (κ2) is 5.78. The van der Waals surface area contributed by atoms with Crippen LogP contribution >= 0.6 is 0 Å². The third-order valence-corrected chi connectivity index (χ3v) is 2.87. The average Bonchev–Trinajstić information content (AvgIpc) is 2.76. The second-order valence-electron chi connectivity index (χ2n) is 4.29. The predicted molar refractivity (Wildman–Crippen MR) is 70.3 cm³/mol. The van der Waals surface area contributed by atoms with Crippen LogP contribution in [0.1, 0.15) is 24.7 Å². The van der Waals surface area contributed by atoms with Gasteiger partial charge in [0.2, 0.25) is 0 Å². The van der Waals surface area contributed by atoms with Crippen LogP contribution in [0.4, 0.5) is 4.39 Å². The van der Waals surface area contributed by atoms with Gasteiger partial charge in [-0.1, -0.05) is 6.92 Å². The van der Waals surface area contributed by atoms with Gasteiger partial charge in [-0.3, -0.25) is 0 Å². The fraction of sp³-hybridized carbons (Fsp3) is 0.357. The number of nitrogens with zero attached hydrogens (tertiary/aromatic N) is 2. The van der Waals surface area contributed by atoms with Crippen LogP contribution in [-0.4, -0.2) is 16.1 Å². The molecule has 0 spiro atoms. The van der Waals surface area contributed by atoms with E-state index in [9.17, 15) is 4.39 Å². The van der Waals surface area contributed by atoms with Crippen LogP contribution in [0.3, 0.4) is 0 Å². The summed E-state index contributed by atoms with van der Waals surface area (Å²) in [6.45, 7) is 5.64. The van der Waals surface area contributed by atoms with Crippen LogP contribution in [0.25, 0.3) is 5.69 Å². The Hall–Kier alpha value is -1.68. The van der Waals surface area contributed by atoms with E-state index < -0.39 is 0 Å². The molecule has 1 aromatic carbocycles. The fourth-order valence-corrected chi connectivity index (χ4v) is 1.96. The normalized spacial score (nSPS) is 10.8. The fourth-order valence-electron chi connectivity index (χ4n) is 1.96. The molecule has 1 N–H and O–H groups in total. The van der Waals surface area contributed by atoms with Crippen molar-refractivity contribution in [3.63, 3.8) is 0 Å². The van der Waals surface area contributed by atoms with E-state index >= 15 is 0 Å². The molecule has 0 saturated carbocycles. The Morgan fingerprint density at radius 2 is 2.22 bits per heavy atom. The summed E-state index contributed by atoms with van der Waals surface area (Å²) in [5, 5.41) is 3.30. The van der Waals surface area contributed by atoms with Crippen LogP contribution in [0, 0.1) is 12.7 Å². The summed E-state index contributed by atoms with van der Waals surface area (Å²) in [6, 6.07) is 4.86. The number of imidazole rings is 1. The van der Waals surface area contributed by atoms with Crippen molar-refractivity contribution in [1.29, 1.82) is 0 Å². The highest BCUT2D eigenvalue weighted by molar-refractivity contribution is 5.42. The van der Waals surface area contributed by atoms with Crippen LogP contribution in [0.5, 0.6) is 0 Å². The van der Waals surface area contributed by atoms with E-state index in [1.54, 1.807) is 18.3 Å². The maximum absolute atomic E-state index is 13.3. The Balaban J connectivity index is 2.32. The summed E-state index contributed by atoms with van der Waals surface area (Å²) in [7, 11) is 0. The molecule has 4 heteroatoms. The smallest absolute Gasteiger partial charge is 0.123 e. The van der Waals surface area contributed by atoms with Gasteiger partial charge in [-0.25, -0.2) is 9.37 Å². The third kappa shape index (κ3) is 2.76. The first-order valence-electron chi connectivity index (χ1n) is 6.22. The molecule has 0 unspecified atom stereocenters. The van der Waals surface area contributed by atoms with Gasteiger partial charge >= 0.3 is 0 Å². The zero-order valence-corrected chi connectivity index (χ0v) is 10.8. The minimum atomic E-state index is -0.204. The topological polar surface area (TPSA) is 29.9 Å². The lowest BCUT2D eigenvalue weighted by atomic mass is 10.1. The maximum Gasteiger partial charge on any atom is 0.123 e. The Labute approximate surface area is 107 Å². The van der Waals surface area contributed by atoms with Gasteiger partial charge in [0, 0.05) is 18.9 Å². The molecule has 0 saturated heterocycles. The Morgan fingerprint density at radius 3 is 2.89 bits per heavy atom. The molecule has 0 bridgehead atoms. The van der Waals surface area contributed by atoms with E-state index in [1.807, 2.05) is 17.7 Å². The summed E-state index contributed by atoms with van der Waals surface area (Å²) in [4.78, 5) is 4.20. The number of rotatable bonds is 5. The van der Waals surface area contributed by atoms with Crippen molar-refractivity contribution in [2.24, 2.45) is 0 Å². The molecular formula is C14H18FN3. The second-order valence-corrected chi connectivity index (χ2v) is 4.29. The lowest BCUT2D eigenvalue weighted by Crippen LogP contribution is -2.16. The average molecular weight is 247 g/mol. The first-order chi connectivity index (χ1) is 8.72. The molecule has 0 atom stereocenters. The highest BCUT2D eigenvalue weighted by Gasteiger charge is 2.07. The van der Waals surface area contributed by atoms with Crippen LogP contribution in [0.15, 0.2) is 30.6 Å². The van der Waals surface area contributed by atoms with Crippen LogP contribution < -0.4 is 5.32 Å². The van der Waals surface area contributed by atoms with E-state index in [0.29, 0.717) is 6.54 Å². The number of halogens is 1. The van der Waals surface area contributed by atoms with Gasteiger partial charge in [0.15, 0.2) is 0 Å². The summed E-state index contributed by atoms with van der Waals surface area (Å²) in [5.74, 6) is 0.697. The molecule has 18 heavy (non-hydrogen) atoms. The molecule has 96 valence electrons. The van der Waals surface area contributed by atoms with Crippen molar-refractivity contribution in [2.75, 3.05) is 6.54 Å². The zero-order chi connectivity index (χ0) is 13.0. The molecule has 0 aliphatic rings. The minimum absolute atomic E-state index is 0.204. The predicted octanol–water partition coefficient (Wildman–Crippen LogP) is 2.82. The number of hydrogen-bond acceptors (Lipinski definition) is 2. The van der Waals surface area contributed by atoms with Crippen LogP contribution in [-0.2, 0) is 6.54 Å². The molecule has 0 radical (unpaired) electrons. The van der Waals surface area contributed by atoms with Gasteiger partial charge in [0.05, 0.1) is 5.69 Å². The summed E-state index contributed by atoms with van der Waals surface area (Å²) >= 11 is 0. The highest BCUT2D eigenvalue weighted by Crippen LogP contribution is 2.17. The molecule has 0 aliphatic carbocycles. The van der Waals surface area contributed by atoms with Crippen molar-refractivity contribution in [2.45, 2.75) is 26.8 Å². The summed E-state index contributed by atoms with van der Waals surface area (Å²) in [6.07, 6.45) is 4.71. The van der Waals surface area contributed by atoms with E-state index in [0.717, 1.165) is 30.0 Å². The van der Waals surface area contributed by atoms with Crippen LogP contribution in [0.2, 0.25) is 0 Å². The molecule has 2 rings (SSSR count). The number of benzene rings is 1. The molecule has 0 aliphatic heterocycles. The molecular weight excluding hydrogens is 229 g/mol. The lowest BCUT2D eigenvalue weighted by Gasteiger charge is -2.12. The van der Waals surface area contributed by atoms with Gasteiger partial charge in [-0.2, -0.15) is 0 Å². The van der Waals surface area contributed by atoms with Crippen molar-refractivity contribution in [3.05, 3.63) is 47.8 Å². The van der Waals surface area contributed by atoms with Gasteiger partial charge < -0.3 is 9.88 Å². The van der Waals surface area contributed by atoms with E-state index in [-0.39, 0.29) is 5.82 Å². The number of aryl methyl sites for hydroxylation is 1. The number of nitrogens with one attached hydrogen (secondary N) is 1. The summed E-state index contributed by atoms with van der Waals surface area (Å²) in [5.41, 5.74) is 1.93. The lowest BCUT2D eigenvalue weighted by molar-refractivity contribution is 0.617. The van der Waals surface area contributed by atoms with Crippen molar-refractivity contribution >= 4 is 0 Å². The van der Waals surface area contributed by atoms with E-state index in [4.69, 9.17) is 0 Å². The largest absolute Gasteiger partial charge is 0.313 e. The molecule has 2 aromatic rings. The highest BCUT2D eigenvalue weighted by atomic mass is 19.1. The van der Waals surface area contributed by atoms with Gasteiger partial charge in [-0.05, 0) is 43.7 Å². The number of hydrogen-bond donors (Lipinski definition) is 1. The van der Waals surface area contributed by atoms with Crippen molar-refractivity contribution in [3.8, 4) is 5.69 Å². The maximum atomic E-state index is 13.3. The van der Waals surface area contributed by atoms with Crippen molar-refractivity contribution < 1.29 is 4.39 Å². The van der Waals surface area contributed by atoms with E-state index in [2.05, 4.69) is 17.2 Å². The standard InChI is InChI=1S/C14H18FN3/c1-3-6-16-10-12-9-13(15)4-5-14(12)18-8-7-17-11(18)2/h4-5,7-9,16H,3,6,10H2,1-2H3. The molecule has 0 fully saturated rings. The Bertz CT molecular complexity index is 520. The first kappa shape index (κ1) is 12.8. The Kier molecular flexibility index (Phi) is 4.10. The summed E-state index contributed by atoms with van der Waals surface area (Å²) < 4.78 is 15.3. The van der Waals surface area contributed by atoms with Gasteiger partial charge in [-0.15, -0.1) is 0 Å². The zero-order valence-electron chi connectivity index (χ0n) is 10.8. The molecule has 0 amide bonds. The Morgan fingerprint density at radius 1 is 1.39 bits per heavy atom. The minimum Gasteiger partial charge on any atom is -0.313 e. The first-order valence-corrected chi connectivity index (χ1v) is 6.22. The number of aromatic nitrogens is 2.